The summed E-state index contributed by atoms with van der Waals surface area (Å²) in [5.41, 5.74) is 2.28. The predicted molar refractivity (Wildman–Crippen MR) is 89.1 cm³/mol. The van der Waals surface area contributed by atoms with Gasteiger partial charge in [0.15, 0.2) is 0 Å². The number of thiophene rings is 1. The average molecular weight is 314 g/mol. The third kappa shape index (κ3) is 2.24. The zero-order valence-corrected chi connectivity index (χ0v) is 13.9. The lowest BCUT2D eigenvalue weighted by Crippen LogP contribution is -2.13. The van der Waals surface area contributed by atoms with Crippen LogP contribution in [0.2, 0.25) is 0 Å². The summed E-state index contributed by atoms with van der Waals surface area (Å²) in [6.07, 6.45) is 1.59. The highest BCUT2D eigenvalue weighted by atomic mass is 32.1. The second kappa shape index (κ2) is 4.99. The number of carbonyl (C=O) groups excluding carboxylic acids is 1. The zero-order chi connectivity index (χ0) is 16.1. The molecule has 2 aromatic heterocycles. The molecule has 1 N–H and O–H groups in total. The molecule has 0 unspecified atom stereocenters. The van der Waals surface area contributed by atoms with E-state index in [0.29, 0.717) is 21.4 Å². The lowest BCUT2D eigenvalue weighted by molar-refractivity contribution is 0.104. The van der Waals surface area contributed by atoms with Crippen molar-refractivity contribution < 1.29 is 14.3 Å². The van der Waals surface area contributed by atoms with Crippen molar-refractivity contribution in [2.75, 3.05) is 0 Å². The number of aromatic hydroxyl groups is 1. The summed E-state index contributed by atoms with van der Waals surface area (Å²) in [6, 6.07) is 5.43. The van der Waals surface area contributed by atoms with Crippen molar-refractivity contribution in [3.05, 3.63) is 51.4 Å². The van der Waals surface area contributed by atoms with Gasteiger partial charge in [0, 0.05) is 5.56 Å². The maximum Gasteiger partial charge on any atom is 0.206 e. The number of furan rings is 1. The fraction of sp³-hybridized carbons (Fsp3) is 0.278. The van der Waals surface area contributed by atoms with E-state index in [-0.39, 0.29) is 16.9 Å². The Kier molecular flexibility index (Phi) is 3.37. The molecule has 0 atom stereocenters. The van der Waals surface area contributed by atoms with Crippen molar-refractivity contribution in [3.63, 3.8) is 0 Å². The highest BCUT2D eigenvalue weighted by molar-refractivity contribution is 7.12. The van der Waals surface area contributed by atoms with Crippen LogP contribution in [-0.4, -0.2) is 10.9 Å². The maximum absolute atomic E-state index is 12.8. The molecule has 3 aromatic rings. The second-order valence-electron chi connectivity index (χ2n) is 6.50. The van der Waals surface area contributed by atoms with Gasteiger partial charge < -0.3 is 9.52 Å². The lowest BCUT2D eigenvalue weighted by Gasteiger charge is -2.22. The summed E-state index contributed by atoms with van der Waals surface area (Å²) >= 11 is 1.41. The largest absolute Gasteiger partial charge is 0.507 e. The first-order valence-electron chi connectivity index (χ1n) is 7.13. The summed E-state index contributed by atoms with van der Waals surface area (Å²) in [7, 11) is 0. The third-order valence-corrected chi connectivity index (χ3v) is 4.67. The summed E-state index contributed by atoms with van der Waals surface area (Å²) < 4.78 is 5.57. The molecule has 3 rings (SSSR count). The molecule has 114 valence electrons. The second-order valence-corrected chi connectivity index (χ2v) is 7.45. The Hall–Kier alpha value is -2.07. The van der Waals surface area contributed by atoms with E-state index in [9.17, 15) is 9.90 Å². The molecule has 0 fully saturated rings. The van der Waals surface area contributed by atoms with E-state index in [4.69, 9.17) is 4.42 Å². The number of benzene rings is 1. The highest BCUT2D eigenvalue weighted by Gasteiger charge is 2.27. The van der Waals surface area contributed by atoms with Gasteiger partial charge in [-0.05, 0) is 35.4 Å². The van der Waals surface area contributed by atoms with E-state index in [1.54, 1.807) is 18.4 Å². The molecule has 22 heavy (non-hydrogen) atoms. The predicted octanol–water partition coefficient (Wildman–Crippen LogP) is 5.04. The van der Waals surface area contributed by atoms with Gasteiger partial charge in [-0.25, -0.2) is 0 Å². The minimum atomic E-state index is -0.271. The van der Waals surface area contributed by atoms with Crippen LogP contribution < -0.4 is 0 Å². The van der Waals surface area contributed by atoms with Crippen molar-refractivity contribution in [2.45, 2.75) is 33.1 Å². The van der Waals surface area contributed by atoms with E-state index in [2.05, 4.69) is 0 Å². The van der Waals surface area contributed by atoms with Gasteiger partial charge in [0.2, 0.25) is 5.78 Å². The van der Waals surface area contributed by atoms with Crippen molar-refractivity contribution in [3.8, 4) is 5.75 Å². The Morgan fingerprint density at radius 2 is 2.05 bits per heavy atom. The van der Waals surface area contributed by atoms with Crippen LogP contribution in [0.15, 0.2) is 34.3 Å². The Labute approximate surface area is 133 Å². The van der Waals surface area contributed by atoms with E-state index < -0.39 is 0 Å². The van der Waals surface area contributed by atoms with Crippen LogP contribution in [0.1, 0.15) is 47.1 Å². The zero-order valence-electron chi connectivity index (χ0n) is 13.1. The van der Waals surface area contributed by atoms with Crippen LogP contribution in [0.4, 0.5) is 0 Å². The molecule has 1 aromatic carbocycles. The molecule has 0 radical (unpaired) electrons. The van der Waals surface area contributed by atoms with Gasteiger partial charge in [0.05, 0.1) is 22.1 Å². The minimum Gasteiger partial charge on any atom is -0.507 e. The highest BCUT2D eigenvalue weighted by Crippen LogP contribution is 2.41. The fourth-order valence-corrected chi connectivity index (χ4v) is 3.31. The molecule has 0 saturated heterocycles. The fourth-order valence-electron chi connectivity index (χ4n) is 2.63. The van der Waals surface area contributed by atoms with E-state index in [1.807, 2.05) is 39.1 Å². The first-order valence-corrected chi connectivity index (χ1v) is 8.01. The van der Waals surface area contributed by atoms with Crippen LogP contribution in [0, 0.1) is 6.92 Å². The molecular weight excluding hydrogens is 296 g/mol. The number of hydrogen-bond donors (Lipinski definition) is 1. The lowest BCUT2D eigenvalue weighted by atomic mass is 9.83. The number of phenols is 1. The quantitative estimate of drug-likeness (QED) is 0.674. The number of hydrogen-bond acceptors (Lipinski definition) is 4. The SMILES string of the molecule is Cc1coc2c(C(=O)c3cccs3)cc(C(C)(C)C)c(O)c12. The normalized spacial score (nSPS) is 12.0. The Morgan fingerprint density at radius 1 is 1.32 bits per heavy atom. The van der Waals surface area contributed by atoms with Crippen LogP contribution in [0.25, 0.3) is 11.0 Å². The van der Waals surface area contributed by atoms with Crippen molar-refractivity contribution in [1.29, 1.82) is 0 Å². The van der Waals surface area contributed by atoms with Crippen LogP contribution in [-0.2, 0) is 5.41 Å². The van der Waals surface area contributed by atoms with Gasteiger partial charge in [-0.3, -0.25) is 4.79 Å². The number of aryl methyl sites for hydroxylation is 1. The van der Waals surface area contributed by atoms with Crippen molar-refractivity contribution >= 4 is 28.1 Å². The number of ketones is 1. The topological polar surface area (TPSA) is 50.4 Å². The number of fused-ring (bicyclic) bond motifs is 1. The Bertz CT molecular complexity index is 849. The standard InChI is InChI=1S/C18H18O3S/c1-10-9-21-17-11(15(19)13-6-5-7-22-13)8-12(18(2,3)4)16(20)14(10)17/h5-9,20H,1-4H3. The van der Waals surface area contributed by atoms with Crippen molar-refractivity contribution in [1.82, 2.24) is 0 Å². The van der Waals surface area contributed by atoms with Crippen LogP contribution >= 0.6 is 11.3 Å². The Morgan fingerprint density at radius 3 is 2.64 bits per heavy atom. The smallest absolute Gasteiger partial charge is 0.206 e. The Balaban J connectivity index is 2.35. The van der Waals surface area contributed by atoms with Gasteiger partial charge in [0.1, 0.15) is 11.3 Å². The summed E-state index contributed by atoms with van der Waals surface area (Å²) in [5.74, 6) is 0.135. The number of phenolic OH excluding ortho intramolecular Hbond substituents is 1. The van der Waals surface area contributed by atoms with Gasteiger partial charge in [0.25, 0.3) is 0 Å². The summed E-state index contributed by atoms with van der Waals surface area (Å²) in [6.45, 7) is 7.92. The first-order chi connectivity index (χ1) is 10.3. The molecule has 0 aliphatic carbocycles. The molecular formula is C18H18O3S. The molecule has 0 amide bonds. The number of rotatable bonds is 2. The molecule has 0 bridgehead atoms. The van der Waals surface area contributed by atoms with Gasteiger partial charge in [-0.2, -0.15) is 0 Å². The molecule has 3 nitrogen and oxygen atoms in total. The molecule has 0 spiro atoms. The maximum atomic E-state index is 12.8. The van der Waals surface area contributed by atoms with Crippen LogP contribution in [0.3, 0.4) is 0 Å². The monoisotopic (exact) mass is 314 g/mol. The molecule has 0 aliphatic heterocycles. The van der Waals surface area contributed by atoms with Gasteiger partial charge >= 0.3 is 0 Å². The van der Waals surface area contributed by atoms with Crippen molar-refractivity contribution in [2.24, 2.45) is 0 Å². The molecule has 0 saturated carbocycles. The summed E-state index contributed by atoms with van der Waals surface area (Å²) in [5, 5.41) is 13.1. The third-order valence-electron chi connectivity index (χ3n) is 3.80. The van der Waals surface area contributed by atoms with E-state index in [1.165, 1.54) is 11.3 Å². The van der Waals surface area contributed by atoms with E-state index in [0.717, 1.165) is 11.1 Å². The average Bonchev–Trinajstić information content (AvgIpc) is 3.07. The van der Waals surface area contributed by atoms with Crippen LogP contribution in [0.5, 0.6) is 5.75 Å². The molecule has 4 heteroatoms. The first kappa shape index (κ1) is 14.9. The van der Waals surface area contributed by atoms with E-state index >= 15 is 0 Å². The molecule has 2 heterocycles. The molecule has 0 aliphatic rings. The minimum absolute atomic E-state index is 0.0696. The number of carbonyl (C=O) groups is 1. The van der Waals surface area contributed by atoms with Gasteiger partial charge in [-0.1, -0.05) is 26.8 Å². The summed E-state index contributed by atoms with van der Waals surface area (Å²) in [4.78, 5) is 13.5. The van der Waals surface area contributed by atoms with Gasteiger partial charge in [-0.15, -0.1) is 11.3 Å².